The molecule has 2 N–H and O–H groups in total. The summed E-state index contributed by atoms with van der Waals surface area (Å²) in [5.41, 5.74) is 2.01. The van der Waals surface area contributed by atoms with E-state index in [-0.39, 0.29) is 11.8 Å². The Morgan fingerprint density at radius 1 is 1.06 bits per heavy atom. The van der Waals surface area contributed by atoms with E-state index in [0.717, 1.165) is 17.5 Å². The number of rotatable bonds is 7. The molecule has 0 spiro atoms. The summed E-state index contributed by atoms with van der Waals surface area (Å²) in [6.45, 7) is 0.429. The Kier molecular flexibility index (Phi) is 6.22. The first-order valence-corrected chi connectivity index (χ1v) is 12.5. The van der Waals surface area contributed by atoms with Crippen LogP contribution in [-0.2, 0) is 16.8 Å². The number of amides is 2. The van der Waals surface area contributed by atoms with Crippen LogP contribution < -0.4 is 10.6 Å². The van der Waals surface area contributed by atoms with E-state index in [1.165, 1.54) is 43.4 Å². The molecule has 2 unspecified atom stereocenters. The first kappa shape index (κ1) is 21.8. The van der Waals surface area contributed by atoms with E-state index >= 15 is 0 Å². The molecule has 2 aliphatic carbocycles. The van der Waals surface area contributed by atoms with Crippen LogP contribution in [0.2, 0.25) is 0 Å². The van der Waals surface area contributed by atoms with Gasteiger partial charge in [0.25, 0.3) is 5.91 Å². The summed E-state index contributed by atoms with van der Waals surface area (Å²) < 4.78 is 0. The predicted octanol–water partition coefficient (Wildman–Crippen LogP) is 4.94. The van der Waals surface area contributed by atoms with Crippen LogP contribution in [-0.4, -0.2) is 21.8 Å². The van der Waals surface area contributed by atoms with Crippen molar-refractivity contribution in [3.63, 3.8) is 0 Å². The quantitative estimate of drug-likeness (QED) is 0.523. The van der Waals surface area contributed by atoms with Gasteiger partial charge in [0.05, 0.1) is 5.41 Å². The van der Waals surface area contributed by atoms with Gasteiger partial charge in [-0.15, -0.1) is 11.3 Å². The van der Waals surface area contributed by atoms with Crippen molar-refractivity contribution in [3.8, 4) is 0 Å². The van der Waals surface area contributed by atoms with E-state index in [0.29, 0.717) is 29.1 Å². The maximum absolute atomic E-state index is 13.5. The molecule has 2 amide bonds. The molecular formula is C26H28N4O2S. The fourth-order valence-corrected chi connectivity index (χ4v) is 5.84. The van der Waals surface area contributed by atoms with Crippen molar-refractivity contribution < 1.29 is 9.59 Å². The van der Waals surface area contributed by atoms with E-state index in [9.17, 15) is 9.59 Å². The lowest BCUT2D eigenvalue weighted by Crippen LogP contribution is -2.32. The first-order valence-electron chi connectivity index (χ1n) is 11.7. The summed E-state index contributed by atoms with van der Waals surface area (Å²) in [6, 6.07) is 11.4. The maximum Gasteiger partial charge on any atom is 0.251 e. The van der Waals surface area contributed by atoms with Crippen molar-refractivity contribution >= 4 is 28.3 Å². The molecule has 6 nitrogen and oxygen atoms in total. The van der Waals surface area contributed by atoms with Crippen LogP contribution in [0.4, 0.5) is 5.13 Å². The average molecular weight is 461 g/mol. The van der Waals surface area contributed by atoms with Gasteiger partial charge >= 0.3 is 0 Å². The second-order valence-corrected chi connectivity index (χ2v) is 9.99. The van der Waals surface area contributed by atoms with Gasteiger partial charge in [-0.3, -0.25) is 14.6 Å². The van der Waals surface area contributed by atoms with Crippen LogP contribution >= 0.6 is 11.3 Å². The third kappa shape index (κ3) is 4.55. The van der Waals surface area contributed by atoms with E-state index in [4.69, 9.17) is 0 Å². The molecular weight excluding hydrogens is 432 g/mol. The Bertz CT molecular complexity index is 1100. The second-order valence-electron chi connectivity index (χ2n) is 9.09. The first-order chi connectivity index (χ1) is 16.2. The second kappa shape index (κ2) is 9.43. The minimum absolute atomic E-state index is 0.0294. The Balaban J connectivity index is 1.33. The zero-order chi connectivity index (χ0) is 22.7. The highest BCUT2D eigenvalue weighted by molar-refractivity contribution is 7.13. The van der Waals surface area contributed by atoms with Crippen molar-refractivity contribution in [1.82, 2.24) is 15.3 Å². The van der Waals surface area contributed by atoms with Gasteiger partial charge in [0.15, 0.2) is 5.13 Å². The fraction of sp³-hybridized carbons (Fsp3) is 0.385. The molecule has 1 aromatic carbocycles. The summed E-state index contributed by atoms with van der Waals surface area (Å²) in [5.74, 6) is 0.833. The highest BCUT2D eigenvalue weighted by Gasteiger charge is 2.63. The van der Waals surface area contributed by atoms with E-state index in [1.807, 2.05) is 41.8 Å². The molecule has 33 heavy (non-hydrogen) atoms. The van der Waals surface area contributed by atoms with Crippen LogP contribution in [0.15, 0.2) is 60.4 Å². The minimum Gasteiger partial charge on any atom is -0.348 e. The number of thiazole rings is 1. The molecule has 2 aliphatic rings. The van der Waals surface area contributed by atoms with E-state index < -0.39 is 5.41 Å². The number of nitrogens with one attached hydrogen (secondary N) is 2. The van der Waals surface area contributed by atoms with Gasteiger partial charge < -0.3 is 10.6 Å². The molecule has 5 rings (SSSR count). The Morgan fingerprint density at radius 2 is 1.88 bits per heavy atom. The molecule has 2 atom stereocenters. The standard InChI is InChI=1S/C26H28N4O2S/c31-23(29-17-18-5-4-12-27-16-18)20-8-10-21(11-9-20)26(24(32)30-25-28-13-14-33-25)15-22(26)19-6-2-1-3-7-19/h4-5,8-14,16,19,22H,1-3,6-7,15,17H2,(H,29,31)(H,28,30,32). The SMILES string of the molecule is O=C(NCc1cccnc1)c1ccc(C2(C(=O)Nc3nccs3)CC2C2CCCCC2)cc1. The van der Waals surface area contributed by atoms with Crippen molar-refractivity contribution in [2.24, 2.45) is 11.8 Å². The number of anilines is 1. The number of hydrogen-bond acceptors (Lipinski definition) is 5. The molecule has 0 saturated heterocycles. The lowest BCUT2D eigenvalue weighted by molar-refractivity contribution is -0.119. The number of nitrogens with zero attached hydrogens (tertiary/aromatic N) is 2. The summed E-state index contributed by atoms with van der Waals surface area (Å²) >= 11 is 1.44. The summed E-state index contributed by atoms with van der Waals surface area (Å²) in [5, 5.41) is 8.50. The van der Waals surface area contributed by atoms with Gasteiger partial charge in [0, 0.05) is 36.1 Å². The monoisotopic (exact) mass is 460 g/mol. The van der Waals surface area contributed by atoms with Gasteiger partial charge in [0.1, 0.15) is 0 Å². The average Bonchev–Trinajstić information content (AvgIpc) is 3.44. The third-order valence-corrected chi connectivity index (χ3v) is 7.82. The highest BCUT2D eigenvalue weighted by atomic mass is 32.1. The molecule has 0 aliphatic heterocycles. The zero-order valence-corrected chi connectivity index (χ0v) is 19.3. The van der Waals surface area contributed by atoms with Gasteiger partial charge in [-0.05, 0) is 47.6 Å². The van der Waals surface area contributed by atoms with Crippen LogP contribution in [0.1, 0.15) is 60.0 Å². The summed E-state index contributed by atoms with van der Waals surface area (Å²) in [4.78, 5) is 34.4. The van der Waals surface area contributed by atoms with Gasteiger partial charge in [-0.1, -0.05) is 50.3 Å². The molecule has 0 radical (unpaired) electrons. The van der Waals surface area contributed by atoms with Crippen LogP contribution in [0, 0.1) is 11.8 Å². The smallest absolute Gasteiger partial charge is 0.251 e. The van der Waals surface area contributed by atoms with E-state index in [1.54, 1.807) is 18.6 Å². The van der Waals surface area contributed by atoms with Crippen molar-refractivity contribution in [3.05, 3.63) is 77.1 Å². The van der Waals surface area contributed by atoms with Gasteiger partial charge in [-0.25, -0.2) is 4.98 Å². The van der Waals surface area contributed by atoms with Crippen LogP contribution in [0.3, 0.4) is 0 Å². The fourth-order valence-electron chi connectivity index (χ4n) is 5.32. The lowest BCUT2D eigenvalue weighted by atomic mass is 9.80. The largest absolute Gasteiger partial charge is 0.348 e. The van der Waals surface area contributed by atoms with Crippen molar-refractivity contribution in [1.29, 1.82) is 0 Å². The number of hydrogen-bond donors (Lipinski definition) is 2. The van der Waals surface area contributed by atoms with Gasteiger partial charge in [-0.2, -0.15) is 0 Å². The Morgan fingerprint density at radius 3 is 2.58 bits per heavy atom. The number of aromatic nitrogens is 2. The molecule has 2 fully saturated rings. The Labute approximate surface area is 197 Å². The van der Waals surface area contributed by atoms with Crippen LogP contribution in [0.25, 0.3) is 0 Å². The molecule has 2 saturated carbocycles. The Hall–Kier alpha value is -3.06. The molecule has 0 bridgehead atoms. The number of benzene rings is 1. The molecule has 2 aromatic heterocycles. The maximum atomic E-state index is 13.5. The highest BCUT2D eigenvalue weighted by Crippen LogP contribution is 2.61. The predicted molar refractivity (Wildman–Crippen MR) is 129 cm³/mol. The lowest BCUT2D eigenvalue weighted by Gasteiger charge is -2.25. The third-order valence-electron chi connectivity index (χ3n) is 7.13. The molecule has 7 heteroatoms. The normalized spacial score (nSPS) is 22.5. The summed E-state index contributed by atoms with van der Waals surface area (Å²) in [6.07, 6.45) is 12.2. The van der Waals surface area contributed by atoms with Crippen molar-refractivity contribution in [2.45, 2.75) is 50.5 Å². The molecule has 3 aromatic rings. The summed E-state index contributed by atoms with van der Waals surface area (Å²) in [7, 11) is 0. The number of pyridine rings is 1. The number of carbonyl (C=O) groups excluding carboxylic acids is 2. The van der Waals surface area contributed by atoms with E-state index in [2.05, 4.69) is 20.6 Å². The molecule has 170 valence electrons. The zero-order valence-electron chi connectivity index (χ0n) is 18.5. The number of carbonyl (C=O) groups is 2. The molecule has 2 heterocycles. The topological polar surface area (TPSA) is 84.0 Å². The van der Waals surface area contributed by atoms with Crippen molar-refractivity contribution in [2.75, 3.05) is 5.32 Å². The van der Waals surface area contributed by atoms with Crippen LogP contribution in [0.5, 0.6) is 0 Å². The van der Waals surface area contributed by atoms with Gasteiger partial charge in [0.2, 0.25) is 5.91 Å². The minimum atomic E-state index is -0.529.